The first kappa shape index (κ1) is 19.4. The van der Waals surface area contributed by atoms with Gasteiger partial charge in [-0.25, -0.2) is 4.39 Å². The molecule has 0 aromatic heterocycles. The van der Waals surface area contributed by atoms with Crippen LogP contribution in [-0.2, 0) is 16.0 Å². The van der Waals surface area contributed by atoms with Gasteiger partial charge in [-0.1, -0.05) is 24.3 Å². The number of halogens is 1. The summed E-state index contributed by atoms with van der Waals surface area (Å²) in [6.45, 7) is 2.25. The minimum Gasteiger partial charge on any atom is -0.497 e. The Balaban J connectivity index is 1.86. The molecule has 0 saturated carbocycles. The van der Waals surface area contributed by atoms with Crippen LogP contribution in [0.2, 0.25) is 0 Å². The lowest BCUT2D eigenvalue weighted by atomic mass is 10.1. The molecular formula is C20H23FN2O3. The predicted octanol–water partition coefficient (Wildman–Crippen LogP) is 3.25. The van der Waals surface area contributed by atoms with Crippen molar-refractivity contribution in [3.05, 3.63) is 59.9 Å². The summed E-state index contributed by atoms with van der Waals surface area (Å²) < 4.78 is 18.7. The van der Waals surface area contributed by atoms with Crippen LogP contribution >= 0.6 is 0 Å². The van der Waals surface area contributed by atoms with Crippen LogP contribution in [0, 0.1) is 5.82 Å². The zero-order valence-electron chi connectivity index (χ0n) is 15.0. The number of ether oxygens (including phenoxy) is 1. The topological polar surface area (TPSA) is 58.6 Å². The first-order chi connectivity index (χ1) is 12.5. The first-order valence-electron chi connectivity index (χ1n) is 8.42. The molecule has 0 unspecified atom stereocenters. The Kier molecular flexibility index (Phi) is 7.14. The van der Waals surface area contributed by atoms with Gasteiger partial charge in [0.15, 0.2) is 0 Å². The third-order valence-corrected chi connectivity index (χ3v) is 4.01. The number of rotatable bonds is 8. The van der Waals surface area contributed by atoms with Crippen LogP contribution in [0.4, 0.5) is 10.1 Å². The van der Waals surface area contributed by atoms with E-state index >= 15 is 0 Å². The fourth-order valence-electron chi connectivity index (χ4n) is 2.53. The highest BCUT2D eigenvalue weighted by atomic mass is 19.1. The average molecular weight is 358 g/mol. The van der Waals surface area contributed by atoms with Crippen molar-refractivity contribution < 1.29 is 18.7 Å². The van der Waals surface area contributed by atoms with Crippen LogP contribution < -0.4 is 10.1 Å². The summed E-state index contributed by atoms with van der Waals surface area (Å²) in [7, 11) is 1.61. The second kappa shape index (κ2) is 9.56. The number of nitrogens with zero attached hydrogens (tertiary/aromatic N) is 1. The number of benzene rings is 2. The van der Waals surface area contributed by atoms with Crippen molar-refractivity contribution in [2.45, 2.75) is 19.8 Å². The van der Waals surface area contributed by atoms with E-state index in [0.29, 0.717) is 13.0 Å². The predicted molar refractivity (Wildman–Crippen MR) is 98.6 cm³/mol. The van der Waals surface area contributed by atoms with E-state index < -0.39 is 5.82 Å². The number of nitrogens with one attached hydrogen (secondary N) is 1. The normalized spacial score (nSPS) is 10.3. The number of carbonyl (C=O) groups is 2. The molecule has 0 aliphatic rings. The van der Waals surface area contributed by atoms with Crippen LogP contribution in [-0.4, -0.2) is 36.9 Å². The molecule has 0 atom stereocenters. The maximum Gasteiger partial charge on any atom is 0.226 e. The lowest BCUT2D eigenvalue weighted by Crippen LogP contribution is -2.33. The smallest absolute Gasteiger partial charge is 0.226 e. The number of amides is 2. The Morgan fingerprint density at radius 2 is 1.88 bits per heavy atom. The molecule has 1 N–H and O–H groups in total. The molecule has 5 nitrogen and oxygen atoms in total. The minimum absolute atomic E-state index is 0.103. The van der Waals surface area contributed by atoms with E-state index in [2.05, 4.69) is 5.32 Å². The maximum atomic E-state index is 13.6. The number of carbonyl (C=O) groups excluding carboxylic acids is 2. The Labute approximate surface area is 152 Å². The maximum absolute atomic E-state index is 13.6. The minimum atomic E-state index is -0.484. The molecule has 0 aliphatic carbocycles. The van der Waals surface area contributed by atoms with Crippen LogP contribution in [0.25, 0.3) is 0 Å². The SMILES string of the molecule is COc1cccc(CCN(CCC(=O)Nc2ccccc2F)C(C)=O)c1. The summed E-state index contributed by atoms with van der Waals surface area (Å²) in [4.78, 5) is 25.5. The zero-order valence-corrected chi connectivity index (χ0v) is 15.0. The third-order valence-electron chi connectivity index (χ3n) is 4.01. The lowest BCUT2D eigenvalue weighted by Gasteiger charge is -2.21. The van der Waals surface area contributed by atoms with Gasteiger partial charge in [0.1, 0.15) is 11.6 Å². The van der Waals surface area contributed by atoms with Gasteiger partial charge in [0.05, 0.1) is 12.8 Å². The monoisotopic (exact) mass is 358 g/mol. The molecule has 2 rings (SSSR count). The molecule has 6 heteroatoms. The molecule has 0 aliphatic heterocycles. The van der Waals surface area contributed by atoms with Crippen LogP contribution in [0.15, 0.2) is 48.5 Å². The molecule has 26 heavy (non-hydrogen) atoms. The number of para-hydroxylation sites is 1. The van der Waals surface area contributed by atoms with Gasteiger partial charge in [0.2, 0.25) is 11.8 Å². The van der Waals surface area contributed by atoms with E-state index in [-0.39, 0.29) is 30.5 Å². The highest BCUT2D eigenvalue weighted by Crippen LogP contribution is 2.14. The van der Waals surface area contributed by atoms with Gasteiger partial charge in [-0.3, -0.25) is 9.59 Å². The van der Waals surface area contributed by atoms with E-state index in [4.69, 9.17) is 4.74 Å². The second-order valence-corrected chi connectivity index (χ2v) is 5.89. The highest BCUT2D eigenvalue weighted by molar-refractivity contribution is 5.91. The Bertz CT molecular complexity index is 764. The van der Waals surface area contributed by atoms with Gasteiger partial charge in [0, 0.05) is 26.4 Å². The van der Waals surface area contributed by atoms with Crippen molar-refractivity contribution in [1.82, 2.24) is 4.90 Å². The molecule has 2 aromatic rings. The second-order valence-electron chi connectivity index (χ2n) is 5.89. The number of anilines is 1. The van der Waals surface area contributed by atoms with Crippen molar-refractivity contribution in [3.63, 3.8) is 0 Å². The van der Waals surface area contributed by atoms with Gasteiger partial charge in [-0.15, -0.1) is 0 Å². The number of methoxy groups -OCH3 is 1. The van der Waals surface area contributed by atoms with Crippen LogP contribution in [0.5, 0.6) is 5.75 Å². The summed E-state index contributed by atoms with van der Waals surface area (Å²) in [6, 6.07) is 13.6. The molecular weight excluding hydrogens is 335 g/mol. The average Bonchev–Trinajstić information content (AvgIpc) is 2.63. The third kappa shape index (κ3) is 5.88. The van der Waals surface area contributed by atoms with Gasteiger partial charge < -0.3 is 15.0 Å². The zero-order chi connectivity index (χ0) is 18.9. The van der Waals surface area contributed by atoms with Crippen molar-refractivity contribution in [1.29, 1.82) is 0 Å². The Morgan fingerprint density at radius 1 is 1.12 bits per heavy atom. The van der Waals surface area contributed by atoms with Crippen molar-refractivity contribution in [2.24, 2.45) is 0 Å². The molecule has 2 aromatic carbocycles. The molecule has 0 spiro atoms. The number of hydrogen-bond donors (Lipinski definition) is 1. The van der Waals surface area contributed by atoms with E-state index in [0.717, 1.165) is 11.3 Å². The van der Waals surface area contributed by atoms with Gasteiger partial charge >= 0.3 is 0 Å². The van der Waals surface area contributed by atoms with E-state index in [1.165, 1.54) is 19.1 Å². The quantitative estimate of drug-likeness (QED) is 0.788. The fraction of sp³-hybridized carbons (Fsp3) is 0.300. The fourth-order valence-corrected chi connectivity index (χ4v) is 2.53. The summed E-state index contributed by atoms with van der Waals surface area (Å²) in [5, 5.41) is 2.52. The first-order valence-corrected chi connectivity index (χ1v) is 8.42. The summed E-state index contributed by atoms with van der Waals surface area (Å²) in [5.41, 5.74) is 1.19. The van der Waals surface area contributed by atoms with E-state index in [1.807, 2.05) is 24.3 Å². The molecule has 0 heterocycles. The number of hydrogen-bond acceptors (Lipinski definition) is 3. The molecule has 2 amide bonds. The highest BCUT2D eigenvalue weighted by Gasteiger charge is 2.12. The standard InChI is InChI=1S/C20H23FN2O3/c1-15(24)23(12-10-16-6-5-7-17(14-16)26-2)13-11-20(25)22-19-9-4-3-8-18(19)21/h3-9,14H,10-13H2,1-2H3,(H,22,25). The summed E-state index contributed by atoms with van der Waals surface area (Å²) >= 11 is 0. The largest absolute Gasteiger partial charge is 0.497 e. The molecule has 138 valence electrons. The lowest BCUT2D eigenvalue weighted by molar-refractivity contribution is -0.129. The van der Waals surface area contributed by atoms with E-state index in [9.17, 15) is 14.0 Å². The van der Waals surface area contributed by atoms with Gasteiger partial charge in [-0.2, -0.15) is 0 Å². The van der Waals surface area contributed by atoms with E-state index in [1.54, 1.807) is 24.1 Å². The van der Waals surface area contributed by atoms with Gasteiger partial charge in [-0.05, 0) is 36.2 Å². The van der Waals surface area contributed by atoms with Crippen molar-refractivity contribution >= 4 is 17.5 Å². The Hall–Kier alpha value is -2.89. The molecule has 0 fully saturated rings. The molecule has 0 saturated heterocycles. The van der Waals surface area contributed by atoms with Crippen LogP contribution in [0.1, 0.15) is 18.9 Å². The Morgan fingerprint density at radius 3 is 2.58 bits per heavy atom. The van der Waals surface area contributed by atoms with Gasteiger partial charge in [0.25, 0.3) is 0 Å². The summed E-state index contributed by atoms with van der Waals surface area (Å²) in [6.07, 6.45) is 0.762. The van der Waals surface area contributed by atoms with Crippen molar-refractivity contribution in [3.8, 4) is 5.75 Å². The van der Waals surface area contributed by atoms with Crippen molar-refractivity contribution in [2.75, 3.05) is 25.5 Å². The van der Waals surface area contributed by atoms with Crippen LogP contribution in [0.3, 0.4) is 0 Å². The summed E-state index contributed by atoms with van der Waals surface area (Å²) in [5.74, 6) is -0.155. The molecule has 0 radical (unpaired) electrons. The molecule has 0 bridgehead atoms.